The maximum atomic E-state index is 14.3. The monoisotopic (exact) mass is 594 g/mol. The molecule has 3 heterocycles. The van der Waals surface area contributed by atoms with Crippen LogP contribution in [0, 0.1) is 11.6 Å². The van der Waals surface area contributed by atoms with Crippen LogP contribution in [-0.2, 0) is 6.54 Å². The molecule has 206 valence electrons. The van der Waals surface area contributed by atoms with E-state index in [-0.39, 0.29) is 23.6 Å². The molecule has 2 fully saturated rings. The van der Waals surface area contributed by atoms with Crippen LogP contribution in [0.25, 0.3) is 0 Å². The van der Waals surface area contributed by atoms with Crippen molar-refractivity contribution >= 4 is 27.3 Å². The van der Waals surface area contributed by atoms with E-state index in [0.29, 0.717) is 0 Å². The van der Waals surface area contributed by atoms with Gasteiger partial charge in [0.05, 0.1) is 0 Å². The van der Waals surface area contributed by atoms with Crippen LogP contribution in [0.1, 0.15) is 36.3 Å². The highest BCUT2D eigenvalue weighted by Crippen LogP contribution is 2.48. The third-order valence-corrected chi connectivity index (χ3v) is 9.20. The first-order valence-corrected chi connectivity index (χ1v) is 15.1. The number of halogens is 3. The predicted octanol–water partition coefficient (Wildman–Crippen LogP) is 6.63. The Balaban J connectivity index is 0.980. The highest BCUT2D eigenvalue weighted by molar-refractivity contribution is 9.10. The summed E-state index contributed by atoms with van der Waals surface area (Å²) in [6.45, 7) is 9.81. The number of rotatable bonds is 8. The Labute approximate surface area is 239 Å². The van der Waals surface area contributed by atoms with Crippen molar-refractivity contribution in [2.24, 2.45) is 0 Å². The Morgan fingerprint density at radius 1 is 0.744 bits per heavy atom. The van der Waals surface area contributed by atoms with Crippen LogP contribution in [-0.4, -0.2) is 73.1 Å². The number of fused-ring (bicyclic) bond motifs is 3. The first-order chi connectivity index (χ1) is 19.0. The van der Waals surface area contributed by atoms with Gasteiger partial charge in [0, 0.05) is 73.6 Å². The lowest BCUT2D eigenvalue weighted by molar-refractivity contribution is 0.123. The molecule has 39 heavy (non-hydrogen) atoms. The zero-order valence-electron chi connectivity index (χ0n) is 22.4. The van der Waals surface area contributed by atoms with Crippen LogP contribution >= 0.6 is 15.9 Å². The van der Waals surface area contributed by atoms with Crippen molar-refractivity contribution in [1.29, 1.82) is 0 Å². The molecule has 0 radical (unpaired) electrons. The zero-order valence-corrected chi connectivity index (χ0v) is 24.0. The Bertz CT molecular complexity index is 1260. The van der Waals surface area contributed by atoms with Gasteiger partial charge in [-0.1, -0.05) is 28.1 Å². The maximum Gasteiger partial charge on any atom is 0.123 e. The first kappa shape index (κ1) is 26.9. The molecular weight excluding hydrogens is 558 g/mol. The van der Waals surface area contributed by atoms with Gasteiger partial charge < -0.3 is 14.7 Å². The second kappa shape index (κ2) is 12.0. The summed E-state index contributed by atoms with van der Waals surface area (Å²) < 4.78 is 29.0. The van der Waals surface area contributed by atoms with E-state index in [0.717, 1.165) is 86.7 Å². The normalized spacial score (nSPS) is 22.2. The van der Waals surface area contributed by atoms with E-state index in [4.69, 9.17) is 0 Å². The third-order valence-electron chi connectivity index (χ3n) is 8.70. The molecule has 3 aromatic carbocycles. The summed E-state index contributed by atoms with van der Waals surface area (Å²) in [4.78, 5) is 10.0. The molecule has 2 saturated heterocycles. The van der Waals surface area contributed by atoms with Gasteiger partial charge in [0.2, 0.25) is 0 Å². The number of benzene rings is 3. The summed E-state index contributed by atoms with van der Waals surface area (Å²) in [6, 6.07) is 20.8. The lowest BCUT2D eigenvalue weighted by Gasteiger charge is -2.39. The van der Waals surface area contributed by atoms with Gasteiger partial charge in [-0.25, -0.2) is 8.78 Å². The summed E-state index contributed by atoms with van der Waals surface area (Å²) in [6.07, 6.45) is 3.43. The summed E-state index contributed by atoms with van der Waals surface area (Å²) in [7, 11) is 0. The molecule has 0 N–H and O–H groups in total. The van der Waals surface area contributed by atoms with Gasteiger partial charge in [-0.15, -0.1) is 0 Å². The van der Waals surface area contributed by atoms with Gasteiger partial charge in [-0.3, -0.25) is 4.90 Å². The maximum absolute atomic E-state index is 14.3. The number of unbranched alkanes of at least 4 members (excludes halogenated alkanes) is 1. The summed E-state index contributed by atoms with van der Waals surface area (Å²) in [5.41, 5.74) is 4.52. The van der Waals surface area contributed by atoms with E-state index < -0.39 is 0 Å². The molecule has 0 saturated carbocycles. The van der Waals surface area contributed by atoms with Crippen LogP contribution in [0.3, 0.4) is 0 Å². The van der Waals surface area contributed by atoms with Crippen molar-refractivity contribution in [1.82, 2.24) is 14.7 Å². The first-order valence-electron chi connectivity index (χ1n) is 14.3. The second-order valence-electron chi connectivity index (χ2n) is 11.3. The fourth-order valence-electron chi connectivity index (χ4n) is 6.71. The van der Waals surface area contributed by atoms with Gasteiger partial charge in [0.1, 0.15) is 11.6 Å². The van der Waals surface area contributed by atoms with Crippen molar-refractivity contribution < 1.29 is 8.78 Å². The van der Waals surface area contributed by atoms with E-state index in [1.165, 1.54) is 30.5 Å². The molecule has 0 aromatic heterocycles. The highest BCUT2D eigenvalue weighted by Gasteiger charge is 2.42. The summed E-state index contributed by atoms with van der Waals surface area (Å²) in [5, 5.41) is 0. The minimum atomic E-state index is -0.230. The number of piperazine rings is 1. The fourth-order valence-corrected chi connectivity index (χ4v) is 7.16. The Morgan fingerprint density at radius 2 is 1.46 bits per heavy atom. The number of likely N-dealkylation sites (tertiary alicyclic amines) is 1. The molecular formula is C32H37BrF2N4. The quantitative estimate of drug-likeness (QED) is 0.271. The lowest BCUT2D eigenvalue weighted by Crippen LogP contribution is -2.46. The molecule has 0 aliphatic carbocycles. The van der Waals surface area contributed by atoms with Crippen molar-refractivity contribution in [2.45, 2.75) is 37.8 Å². The van der Waals surface area contributed by atoms with Gasteiger partial charge in [0.15, 0.2) is 0 Å². The molecule has 0 unspecified atom stereocenters. The molecule has 3 aliphatic heterocycles. The molecule has 6 rings (SSSR count). The Morgan fingerprint density at radius 3 is 2.23 bits per heavy atom. The third kappa shape index (κ3) is 6.22. The SMILES string of the molecule is Fc1ccc(N2c3ccc(F)cc3[C@@H]3CN(CCCCN4CCN(Cc5cccc(Br)c5)CC4)CC[C@H]32)cc1. The van der Waals surface area contributed by atoms with Crippen LogP contribution < -0.4 is 4.90 Å². The molecule has 4 nitrogen and oxygen atoms in total. The Hall–Kier alpha value is -2.32. The van der Waals surface area contributed by atoms with Crippen molar-refractivity contribution in [3.63, 3.8) is 0 Å². The average Bonchev–Trinajstić information content (AvgIpc) is 3.25. The second-order valence-corrected chi connectivity index (χ2v) is 12.2. The van der Waals surface area contributed by atoms with Crippen molar-refractivity contribution in [2.75, 3.05) is 57.3 Å². The Kier molecular flexibility index (Phi) is 8.30. The standard InChI is InChI=1S/C32H37BrF2N4/c33-25-5-3-4-24(20-25)22-38-18-16-36(17-19-38)13-1-2-14-37-15-12-32-30(23-37)29-21-27(35)8-11-31(29)39(32)28-9-6-26(34)7-10-28/h3-11,20-21,30,32H,1-2,12-19,22-23H2/t30-,32+/m0/s1. The van der Waals surface area contributed by atoms with E-state index >= 15 is 0 Å². The molecule has 7 heteroatoms. The molecule has 0 spiro atoms. The number of anilines is 2. The van der Waals surface area contributed by atoms with Crippen LogP contribution in [0.5, 0.6) is 0 Å². The van der Waals surface area contributed by atoms with Gasteiger partial charge >= 0.3 is 0 Å². The molecule has 3 aromatic rings. The average molecular weight is 596 g/mol. The minimum absolute atomic E-state index is 0.178. The van der Waals surface area contributed by atoms with Crippen LogP contribution in [0.15, 0.2) is 71.2 Å². The van der Waals surface area contributed by atoms with Crippen LogP contribution in [0.4, 0.5) is 20.2 Å². The number of hydrogen-bond acceptors (Lipinski definition) is 4. The predicted molar refractivity (Wildman–Crippen MR) is 158 cm³/mol. The van der Waals surface area contributed by atoms with Crippen LogP contribution in [0.2, 0.25) is 0 Å². The topological polar surface area (TPSA) is 13.0 Å². The fraction of sp³-hybridized carbons (Fsp3) is 0.438. The highest BCUT2D eigenvalue weighted by atomic mass is 79.9. The van der Waals surface area contributed by atoms with E-state index in [1.54, 1.807) is 12.1 Å². The number of hydrogen-bond donors (Lipinski definition) is 0. The minimum Gasteiger partial charge on any atom is -0.337 e. The smallest absolute Gasteiger partial charge is 0.123 e. The van der Waals surface area contributed by atoms with Crippen molar-refractivity contribution in [3.05, 3.63) is 94.0 Å². The van der Waals surface area contributed by atoms with E-state index in [9.17, 15) is 8.78 Å². The molecule has 2 atom stereocenters. The number of piperidine rings is 1. The number of nitrogens with zero attached hydrogens (tertiary/aromatic N) is 4. The van der Waals surface area contributed by atoms with Crippen molar-refractivity contribution in [3.8, 4) is 0 Å². The van der Waals surface area contributed by atoms with E-state index in [2.05, 4.69) is 59.8 Å². The summed E-state index contributed by atoms with van der Waals surface area (Å²) >= 11 is 3.58. The molecule has 3 aliphatic rings. The molecule has 0 amide bonds. The zero-order chi connectivity index (χ0) is 26.8. The summed E-state index contributed by atoms with van der Waals surface area (Å²) in [5.74, 6) is -0.138. The van der Waals surface area contributed by atoms with E-state index in [1.807, 2.05) is 18.2 Å². The van der Waals surface area contributed by atoms with Gasteiger partial charge in [0.25, 0.3) is 0 Å². The molecule has 0 bridgehead atoms. The largest absolute Gasteiger partial charge is 0.337 e. The lowest BCUT2D eigenvalue weighted by atomic mass is 9.89. The van der Waals surface area contributed by atoms with Gasteiger partial charge in [-0.2, -0.15) is 0 Å². The van der Waals surface area contributed by atoms with Gasteiger partial charge in [-0.05, 0) is 98.1 Å².